The van der Waals surface area contributed by atoms with E-state index in [1.54, 1.807) is 35.4 Å². The predicted molar refractivity (Wildman–Crippen MR) is 111 cm³/mol. The molecule has 1 saturated heterocycles. The molecule has 1 aliphatic heterocycles. The van der Waals surface area contributed by atoms with Gasteiger partial charge in [-0.15, -0.1) is 0 Å². The molecule has 1 fully saturated rings. The summed E-state index contributed by atoms with van der Waals surface area (Å²) < 4.78 is 5.45. The fourth-order valence-electron chi connectivity index (χ4n) is 3.41. The number of anilines is 2. The van der Waals surface area contributed by atoms with Crippen LogP contribution in [-0.4, -0.2) is 29.9 Å². The van der Waals surface area contributed by atoms with Gasteiger partial charge in [-0.3, -0.25) is 9.59 Å². The molecule has 1 aliphatic rings. The molecule has 6 heteroatoms. The Morgan fingerprint density at radius 2 is 1.79 bits per heavy atom. The lowest BCUT2D eigenvalue weighted by molar-refractivity contribution is -0.118. The highest BCUT2D eigenvalue weighted by Crippen LogP contribution is 2.32. The van der Waals surface area contributed by atoms with Gasteiger partial charge in [0.2, 0.25) is 5.91 Å². The lowest BCUT2D eigenvalue weighted by Crippen LogP contribution is -2.25. The van der Waals surface area contributed by atoms with Crippen LogP contribution in [0.4, 0.5) is 11.5 Å². The van der Waals surface area contributed by atoms with Gasteiger partial charge in [-0.2, -0.15) is 0 Å². The highest BCUT2D eigenvalue weighted by atomic mass is 16.5. The summed E-state index contributed by atoms with van der Waals surface area (Å²) >= 11 is 0. The number of carbonyl (C=O) groups excluding carboxylic acids is 2. The highest BCUT2D eigenvalue weighted by molar-refractivity contribution is 5.97. The van der Waals surface area contributed by atoms with Gasteiger partial charge in [-0.25, -0.2) is 4.98 Å². The maximum atomic E-state index is 12.5. The fraction of sp³-hybridized carbons (Fsp3) is 0.174. The van der Waals surface area contributed by atoms with Gasteiger partial charge in [0, 0.05) is 36.8 Å². The van der Waals surface area contributed by atoms with Crippen LogP contribution in [0.5, 0.6) is 5.75 Å². The summed E-state index contributed by atoms with van der Waals surface area (Å²) in [6, 6.07) is 22.7. The molecule has 1 atom stereocenters. The van der Waals surface area contributed by atoms with Crippen molar-refractivity contribution < 1.29 is 14.3 Å². The largest absolute Gasteiger partial charge is 0.484 e. The van der Waals surface area contributed by atoms with Crippen LogP contribution in [0.3, 0.4) is 0 Å². The SMILES string of the molecule is O=C(COc1ccccc1)Nc1cc(N2CC(c3ccccc3)CC2=O)ccn1. The van der Waals surface area contributed by atoms with E-state index in [2.05, 4.69) is 10.3 Å². The first-order chi connectivity index (χ1) is 14.2. The smallest absolute Gasteiger partial charge is 0.263 e. The Labute approximate surface area is 169 Å². The third-order valence-electron chi connectivity index (χ3n) is 4.83. The molecule has 0 saturated carbocycles. The summed E-state index contributed by atoms with van der Waals surface area (Å²) in [7, 11) is 0. The molecule has 6 nitrogen and oxygen atoms in total. The van der Waals surface area contributed by atoms with Crippen molar-refractivity contribution in [2.24, 2.45) is 0 Å². The number of amides is 2. The number of aromatic nitrogens is 1. The van der Waals surface area contributed by atoms with Crippen LogP contribution < -0.4 is 15.0 Å². The summed E-state index contributed by atoms with van der Waals surface area (Å²) in [5.41, 5.74) is 1.88. The molecule has 2 aromatic carbocycles. The Morgan fingerprint density at radius 1 is 1.07 bits per heavy atom. The quantitative estimate of drug-likeness (QED) is 0.701. The van der Waals surface area contributed by atoms with Crippen LogP contribution in [0.25, 0.3) is 0 Å². The van der Waals surface area contributed by atoms with Gasteiger partial charge in [0.05, 0.1) is 0 Å². The third-order valence-corrected chi connectivity index (χ3v) is 4.83. The van der Waals surface area contributed by atoms with Gasteiger partial charge in [0.1, 0.15) is 11.6 Å². The number of hydrogen-bond donors (Lipinski definition) is 1. The van der Waals surface area contributed by atoms with E-state index in [0.29, 0.717) is 24.5 Å². The Balaban J connectivity index is 1.39. The van der Waals surface area contributed by atoms with Crippen molar-refractivity contribution in [3.05, 3.63) is 84.6 Å². The molecular weight excluding hydrogens is 366 g/mol. The first-order valence-electron chi connectivity index (χ1n) is 9.48. The van der Waals surface area contributed by atoms with Crippen molar-refractivity contribution in [2.75, 3.05) is 23.4 Å². The number of nitrogens with zero attached hydrogens (tertiary/aromatic N) is 2. The average Bonchev–Trinajstić information content (AvgIpc) is 3.15. The Bertz CT molecular complexity index is 993. The summed E-state index contributed by atoms with van der Waals surface area (Å²) in [6.07, 6.45) is 2.06. The lowest BCUT2D eigenvalue weighted by Gasteiger charge is -2.17. The standard InChI is InChI=1S/C23H21N3O3/c27-22(16-29-20-9-5-2-6-10-20)25-21-14-19(11-12-24-21)26-15-18(13-23(26)28)17-7-3-1-4-8-17/h1-12,14,18H,13,15-16H2,(H,24,25,27). The number of nitrogens with one attached hydrogen (secondary N) is 1. The molecule has 1 N–H and O–H groups in total. The van der Waals surface area contributed by atoms with Gasteiger partial charge in [-0.1, -0.05) is 48.5 Å². The molecule has 1 unspecified atom stereocenters. The van der Waals surface area contributed by atoms with Crippen LogP contribution in [0.2, 0.25) is 0 Å². The van der Waals surface area contributed by atoms with Crippen molar-refractivity contribution in [3.8, 4) is 5.75 Å². The topological polar surface area (TPSA) is 71.5 Å². The number of carbonyl (C=O) groups is 2. The highest BCUT2D eigenvalue weighted by Gasteiger charge is 2.31. The fourth-order valence-corrected chi connectivity index (χ4v) is 3.41. The van der Waals surface area contributed by atoms with Crippen molar-refractivity contribution in [1.82, 2.24) is 4.98 Å². The van der Waals surface area contributed by atoms with E-state index in [1.807, 2.05) is 48.5 Å². The molecule has 0 aliphatic carbocycles. The molecule has 2 amide bonds. The number of pyridine rings is 1. The van der Waals surface area contributed by atoms with Gasteiger partial charge >= 0.3 is 0 Å². The number of hydrogen-bond acceptors (Lipinski definition) is 4. The Morgan fingerprint density at radius 3 is 2.55 bits per heavy atom. The van der Waals surface area contributed by atoms with Crippen LogP contribution in [0.1, 0.15) is 17.9 Å². The first-order valence-corrected chi connectivity index (χ1v) is 9.48. The van der Waals surface area contributed by atoms with Crippen molar-refractivity contribution in [1.29, 1.82) is 0 Å². The van der Waals surface area contributed by atoms with E-state index in [-0.39, 0.29) is 24.3 Å². The molecule has 1 aromatic heterocycles. The molecule has 29 heavy (non-hydrogen) atoms. The van der Waals surface area contributed by atoms with E-state index in [9.17, 15) is 9.59 Å². The third kappa shape index (κ3) is 4.60. The normalized spacial score (nSPS) is 15.9. The first kappa shape index (κ1) is 18.7. The van der Waals surface area contributed by atoms with E-state index in [4.69, 9.17) is 4.74 Å². The van der Waals surface area contributed by atoms with Crippen LogP contribution >= 0.6 is 0 Å². The van der Waals surface area contributed by atoms with E-state index < -0.39 is 0 Å². The minimum atomic E-state index is -0.312. The monoisotopic (exact) mass is 387 g/mol. The van der Waals surface area contributed by atoms with Crippen LogP contribution in [0, 0.1) is 0 Å². The number of rotatable bonds is 6. The molecular formula is C23H21N3O3. The lowest BCUT2D eigenvalue weighted by atomic mass is 9.99. The second-order valence-corrected chi connectivity index (χ2v) is 6.87. The summed E-state index contributed by atoms with van der Waals surface area (Å²) in [5, 5.41) is 2.72. The van der Waals surface area contributed by atoms with E-state index in [1.165, 1.54) is 0 Å². The van der Waals surface area contributed by atoms with Gasteiger partial charge < -0.3 is 15.0 Å². The van der Waals surface area contributed by atoms with E-state index in [0.717, 1.165) is 11.3 Å². The Kier molecular flexibility index (Phi) is 5.52. The zero-order valence-corrected chi connectivity index (χ0v) is 15.8. The molecule has 4 rings (SSSR count). The molecule has 0 radical (unpaired) electrons. The van der Waals surface area contributed by atoms with Gasteiger partial charge in [0.25, 0.3) is 5.91 Å². The minimum absolute atomic E-state index is 0.0646. The van der Waals surface area contributed by atoms with Crippen LogP contribution in [-0.2, 0) is 9.59 Å². The second kappa shape index (κ2) is 8.56. The van der Waals surface area contributed by atoms with Gasteiger partial charge in [0.15, 0.2) is 6.61 Å². The zero-order chi connectivity index (χ0) is 20.1. The van der Waals surface area contributed by atoms with Gasteiger partial charge in [-0.05, 0) is 23.8 Å². The van der Waals surface area contributed by atoms with Crippen molar-refractivity contribution in [3.63, 3.8) is 0 Å². The molecule has 0 spiro atoms. The zero-order valence-electron chi connectivity index (χ0n) is 15.8. The predicted octanol–water partition coefficient (Wildman–Crippen LogP) is 3.62. The number of para-hydroxylation sites is 1. The minimum Gasteiger partial charge on any atom is -0.484 e. The molecule has 146 valence electrons. The van der Waals surface area contributed by atoms with Crippen molar-refractivity contribution >= 4 is 23.3 Å². The van der Waals surface area contributed by atoms with Crippen LogP contribution in [0.15, 0.2) is 79.0 Å². The maximum Gasteiger partial charge on any atom is 0.263 e. The summed E-state index contributed by atoms with van der Waals surface area (Å²) in [5.74, 6) is 0.927. The number of ether oxygens (including phenoxy) is 1. The molecule has 3 aromatic rings. The molecule has 2 heterocycles. The summed E-state index contributed by atoms with van der Waals surface area (Å²) in [4.78, 5) is 30.6. The van der Waals surface area contributed by atoms with Crippen molar-refractivity contribution in [2.45, 2.75) is 12.3 Å². The second-order valence-electron chi connectivity index (χ2n) is 6.87. The number of benzene rings is 2. The van der Waals surface area contributed by atoms with E-state index >= 15 is 0 Å². The Hall–Kier alpha value is -3.67. The molecule has 0 bridgehead atoms. The maximum absolute atomic E-state index is 12.5. The average molecular weight is 387 g/mol. The summed E-state index contributed by atoms with van der Waals surface area (Å²) in [6.45, 7) is 0.492.